The number of nitrogens with zero attached hydrogens (tertiary/aromatic N) is 1. The summed E-state index contributed by atoms with van der Waals surface area (Å²) >= 11 is 0. The molecule has 4 N–H and O–H groups in total. The first kappa shape index (κ1) is 19.2. The zero-order chi connectivity index (χ0) is 19.6. The van der Waals surface area contributed by atoms with Gasteiger partial charge < -0.3 is 10.4 Å². The van der Waals surface area contributed by atoms with Crippen LogP contribution in [0.25, 0.3) is 0 Å². The van der Waals surface area contributed by atoms with Gasteiger partial charge in [0.25, 0.3) is 5.91 Å². The molecule has 1 aliphatic heterocycles. The van der Waals surface area contributed by atoms with Gasteiger partial charge >= 0.3 is 6.18 Å². The number of amides is 1. The van der Waals surface area contributed by atoms with Crippen LogP contribution in [0.3, 0.4) is 0 Å². The van der Waals surface area contributed by atoms with Crippen LogP contribution in [0.15, 0.2) is 42.5 Å². The number of hydrogen-bond acceptors (Lipinski definition) is 5. The minimum atomic E-state index is -4.45. The van der Waals surface area contributed by atoms with Gasteiger partial charge in [0.2, 0.25) is 0 Å². The molecule has 1 amide bonds. The summed E-state index contributed by atoms with van der Waals surface area (Å²) in [6.07, 6.45) is -5.07. The normalized spacial score (nSPS) is 15.7. The maximum atomic E-state index is 12.8. The van der Waals surface area contributed by atoms with E-state index in [1.165, 1.54) is 12.1 Å². The van der Waals surface area contributed by atoms with Crippen LogP contribution in [0.2, 0.25) is 0 Å². The van der Waals surface area contributed by atoms with Crippen LogP contribution in [0.1, 0.15) is 27.0 Å². The Hall–Kier alpha value is -2.62. The third-order valence-electron chi connectivity index (χ3n) is 4.44. The molecule has 1 unspecified atom stereocenters. The van der Waals surface area contributed by atoms with Gasteiger partial charge in [-0.2, -0.15) is 13.2 Å². The van der Waals surface area contributed by atoms with Crippen LogP contribution >= 0.6 is 0 Å². The van der Waals surface area contributed by atoms with E-state index in [9.17, 15) is 23.1 Å². The molecule has 0 aliphatic carbocycles. The summed E-state index contributed by atoms with van der Waals surface area (Å²) in [4.78, 5) is 13.1. The van der Waals surface area contributed by atoms with Crippen molar-refractivity contribution in [3.05, 3.63) is 64.7 Å². The number of aliphatic hydroxyl groups excluding tert-OH is 1. The van der Waals surface area contributed by atoms with Crippen molar-refractivity contribution in [2.45, 2.75) is 25.5 Å². The standard InChI is InChI=1S/C18H18F3N3O3/c19-18(20,21)14-2-1-3-15(9-14)22-17(26)24-7-6-11-8-12(16(25)23-27)4-5-13(11)10-24/h1-5,8-9,17,22,26-27H,6-7,10H2,(H,23,25). The highest BCUT2D eigenvalue weighted by Crippen LogP contribution is 2.31. The number of carbonyl (C=O) groups is 1. The number of fused-ring (bicyclic) bond motifs is 1. The largest absolute Gasteiger partial charge is 0.416 e. The Morgan fingerprint density at radius 1 is 1.15 bits per heavy atom. The molecule has 9 heteroatoms. The Bertz CT molecular complexity index is 842. The Morgan fingerprint density at radius 2 is 1.93 bits per heavy atom. The predicted octanol–water partition coefficient (Wildman–Crippen LogP) is 2.57. The van der Waals surface area contributed by atoms with Crippen LogP contribution < -0.4 is 10.8 Å². The summed E-state index contributed by atoms with van der Waals surface area (Å²) in [5, 5.41) is 21.7. The molecule has 144 valence electrons. The highest BCUT2D eigenvalue weighted by molar-refractivity contribution is 5.93. The molecule has 3 rings (SSSR count). The number of aliphatic hydroxyl groups is 1. The molecule has 0 saturated carbocycles. The molecule has 27 heavy (non-hydrogen) atoms. The Morgan fingerprint density at radius 3 is 2.63 bits per heavy atom. The van der Waals surface area contributed by atoms with Crippen molar-refractivity contribution in [2.75, 3.05) is 11.9 Å². The van der Waals surface area contributed by atoms with Crippen molar-refractivity contribution in [2.24, 2.45) is 0 Å². The van der Waals surface area contributed by atoms with Crippen molar-refractivity contribution >= 4 is 11.6 Å². The van der Waals surface area contributed by atoms with Crippen molar-refractivity contribution < 1.29 is 28.3 Å². The van der Waals surface area contributed by atoms with E-state index in [1.54, 1.807) is 28.6 Å². The van der Waals surface area contributed by atoms with Gasteiger partial charge in [-0.1, -0.05) is 12.1 Å². The van der Waals surface area contributed by atoms with E-state index in [4.69, 9.17) is 5.21 Å². The zero-order valence-electron chi connectivity index (χ0n) is 14.1. The lowest BCUT2D eigenvalue weighted by Crippen LogP contribution is -2.43. The van der Waals surface area contributed by atoms with Gasteiger partial charge in [-0.25, -0.2) is 5.48 Å². The van der Waals surface area contributed by atoms with E-state index in [1.807, 2.05) is 0 Å². The van der Waals surface area contributed by atoms with Crippen molar-refractivity contribution in [3.8, 4) is 0 Å². The van der Waals surface area contributed by atoms with E-state index in [0.717, 1.165) is 23.3 Å². The van der Waals surface area contributed by atoms with E-state index < -0.39 is 24.0 Å². The van der Waals surface area contributed by atoms with E-state index in [0.29, 0.717) is 25.1 Å². The van der Waals surface area contributed by atoms with Crippen LogP contribution in [0.4, 0.5) is 18.9 Å². The lowest BCUT2D eigenvalue weighted by Gasteiger charge is -2.33. The number of carbonyl (C=O) groups excluding carboxylic acids is 1. The second-order valence-corrected chi connectivity index (χ2v) is 6.24. The molecule has 2 aromatic carbocycles. The lowest BCUT2D eigenvalue weighted by molar-refractivity contribution is -0.137. The minimum Gasteiger partial charge on any atom is -0.361 e. The van der Waals surface area contributed by atoms with Gasteiger partial charge in [0.05, 0.1) is 5.56 Å². The molecule has 0 radical (unpaired) electrons. The van der Waals surface area contributed by atoms with Gasteiger partial charge in [-0.3, -0.25) is 14.9 Å². The number of hydroxylamine groups is 1. The molecule has 1 heterocycles. The Balaban J connectivity index is 1.69. The first-order chi connectivity index (χ1) is 12.8. The molecule has 0 spiro atoms. The van der Waals surface area contributed by atoms with Gasteiger partial charge in [0.1, 0.15) is 0 Å². The summed E-state index contributed by atoms with van der Waals surface area (Å²) in [6, 6.07) is 9.59. The average molecular weight is 381 g/mol. The molecular weight excluding hydrogens is 363 g/mol. The first-order valence-corrected chi connectivity index (χ1v) is 8.20. The second-order valence-electron chi connectivity index (χ2n) is 6.24. The Kier molecular flexibility index (Phi) is 5.36. The average Bonchev–Trinajstić information content (AvgIpc) is 2.66. The SMILES string of the molecule is O=C(NO)c1ccc2c(c1)CCN(C(O)Nc1cccc(C(F)(F)F)c1)C2. The number of nitrogens with one attached hydrogen (secondary N) is 2. The number of rotatable bonds is 4. The summed E-state index contributed by atoms with van der Waals surface area (Å²) in [5.74, 6) is -0.605. The van der Waals surface area contributed by atoms with Crippen LogP contribution in [-0.2, 0) is 19.1 Å². The highest BCUT2D eigenvalue weighted by Gasteiger charge is 2.31. The summed E-state index contributed by atoms with van der Waals surface area (Å²) in [7, 11) is 0. The molecule has 1 aliphatic rings. The molecule has 1 atom stereocenters. The number of benzene rings is 2. The fraction of sp³-hybridized carbons (Fsp3) is 0.278. The monoisotopic (exact) mass is 381 g/mol. The number of alkyl halides is 3. The van der Waals surface area contributed by atoms with E-state index in [2.05, 4.69) is 5.32 Å². The molecule has 2 aromatic rings. The van der Waals surface area contributed by atoms with Crippen LogP contribution in [0, 0.1) is 0 Å². The maximum Gasteiger partial charge on any atom is 0.416 e. The lowest BCUT2D eigenvalue weighted by atomic mass is 9.97. The van der Waals surface area contributed by atoms with Gasteiger partial charge in [0, 0.05) is 24.3 Å². The third-order valence-corrected chi connectivity index (χ3v) is 4.44. The third kappa shape index (κ3) is 4.38. The molecule has 0 saturated heterocycles. The van der Waals surface area contributed by atoms with Gasteiger partial charge in [-0.15, -0.1) is 0 Å². The zero-order valence-corrected chi connectivity index (χ0v) is 14.1. The van der Waals surface area contributed by atoms with Crippen molar-refractivity contribution in [1.29, 1.82) is 0 Å². The quantitative estimate of drug-likeness (QED) is 0.372. The second kappa shape index (κ2) is 7.55. The predicted molar refractivity (Wildman–Crippen MR) is 90.9 cm³/mol. The Labute approximate surface area is 153 Å². The minimum absolute atomic E-state index is 0.165. The summed E-state index contributed by atoms with van der Waals surface area (Å²) in [5.41, 5.74) is 3.08. The molecular formula is C18H18F3N3O3. The molecule has 6 nitrogen and oxygen atoms in total. The fourth-order valence-electron chi connectivity index (χ4n) is 3.02. The van der Waals surface area contributed by atoms with E-state index in [-0.39, 0.29) is 5.69 Å². The first-order valence-electron chi connectivity index (χ1n) is 8.20. The van der Waals surface area contributed by atoms with Gasteiger partial charge in [-0.05, 0) is 47.9 Å². The van der Waals surface area contributed by atoms with Crippen LogP contribution in [-0.4, -0.2) is 34.0 Å². The summed E-state index contributed by atoms with van der Waals surface area (Å²) in [6.45, 7) is 0.813. The smallest absolute Gasteiger partial charge is 0.361 e. The van der Waals surface area contributed by atoms with Gasteiger partial charge in [0.15, 0.2) is 6.35 Å². The number of halogens is 3. The fourth-order valence-corrected chi connectivity index (χ4v) is 3.02. The maximum absolute atomic E-state index is 12.8. The van der Waals surface area contributed by atoms with Crippen molar-refractivity contribution in [3.63, 3.8) is 0 Å². The van der Waals surface area contributed by atoms with Crippen molar-refractivity contribution in [1.82, 2.24) is 10.4 Å². The van der Waals surface area contributed by atoms with Crippen LogP contribution in [0.5, 0.6) is 0 Å². The number of anilines is 1. The molecule has 0 aromatic heterocycles. The molecule has 0 fully saturated rings. The summed E-state index contributed by atoms with van der Waals surface area (Å²) < 4.78 is 38.4. The number of hydrogen-bond donors (Lipinski definition) is 4. The molecule has 0 bridgehead atoms. The van der Waals surface area contributed by atoms with E-state index >= 15 is 0 Å². The topological polar surface area (TPSA) is 84.8 Å². The highest BCUT2D eigenvalue weighted by atomic mass is 19.4.